The highest BCUT2D eigenvalue weighted by molar-refractivity contribution is 7.80. The maximum atomic E-state index is 9.22. The first-order valence-corrected chi connectivity index (χ1v) is 10.7. The Morgan fingerprint density at radius 2 is 1.65 bits per heavy atom. The quantitative estimate of drug-likeness (QED) is 0.224. The van der Waals surface area contributed by atoms with E-state index in [1.54, 1.807) is 0 Å². The molecular formula is C21H23N5O4S. The standard InChI is InChI=1S/C20H19N5.CH4O4S/c1-14-13-19(25(24(14)3)16-9-5-4-6-10-16)22-23-20-15(2)21-18-12-8-7-11-17(18)20;1-5-6(2,3)4/h4-13H,1-3H3;1H3,(H,2,3,4). The lowest BCUT2D eigenvalue weighted by molar-refractivity contribution is -0.670. The molecule has 0 radical (unpaired) electrons. The van der Waals surface area contributed by atoms with Gasteiger partial charge in [-0.2, -0.15) is 0 Å². The van der Waals surface area contributed by atoms with E-state index in [9.17, 15) is 13.0 Å². The van der Waals surface area contributed by atoms with Gasteiger partial charge in [-0.1, -0.05) is 36.4 Å². The molecule has 0 amide bonds. The summed E-state index contributed by atoms with van der Waals surface area (Å²) in [4.78, 5) is 3.36. The van der Waals surface area contributed by atoms with Crippen LogP contribution in [0.25, 0.3) is 16.6 Å². The lowest BCUT2D eigenvalue weighted by Gasteiger charge is -2.02. The normalized spacial score (nSPS) is 11.6. The SMILES string of the molecule is COS(=O)(=O)[O-].Cc1[nH]c2ccccc2c1N=Nc1cc(C)n(C)[n+]1-c1ccccc1. The van der Waals surface area contributed by atoms with Gasteiger partial charge in [0.05, 0.1) is 24.0 Å². The van der Waals surface area contributed by atoms with Crippen LogP contribution >= 0.6 is 0 Å². The number of nitrogens with one attached hydrogen (secondary N) is 1. The van der Waals surface area contributed by atoms with Crippen molar-refractivity contribution in [2.75, 3.05) is 7.11 Å². The van der Waals surface area contributed by atoms with Gasteiger partial charge in [0.2, 0.25) is 10.4 Å². The molecule has 2 aromatic heterocycles. The molecule has 162 valence electrons. The van der Waals surface area contributed by atoms with Crippen LogP contribution in [-0.4, -0.2) is 29.7 Å². The fraction of sp³-hybridized carbons (Fsp3) is 0.190. The first-order chi connectivity index (χ1) is 14.7. The molecule has 9 nitrogen and oxygen atoms in total. The summed E-state index contributed by atoms with van der Waals surface area (Å²) in [5.41, 5.74) is 5.16. The number of benzene rings is 2. The smallest absolute Gasteiger partial charge is 0.376 e. The summed E-state index contributed by atoms with van der Waals surface area (Å²) in [6.07, 6.45) is 0. The van der Waals surface area contributed by atoms with Crippen molar-refractivity contribution in [3.8, 4) is 5.69 Å². The molecule has 0 bridgehead atoms. The van der Waals surface area contributed by atoms with Gasteiger partial charge in [-0.3, -0.25) is 4.18 Å². The molecule has 0 spiro atoms. The van der Waals surface area contributed by atoms with Crippen molar-refractivity contribution in [1.82, 2.24) is 9.67 Å². The zero-order chi connectivity index (χ0) is 22.6. The third-order valence-electron chi connectivity index (χ3n) is 4.68. The first-order valence-electron chi connectivity index (χ1n) is 9.36. The molecule has 4 rings (SSSR count). The molecule has 4 aromatic rings. The summed E-state index contributed by atoms with van der Waals surface area (Å²) in [6.45, 7) is 4.09. The first kappa shape index (κ1) is 22.3. The number of fused-ring (bicyclic) bond motifs is 1. The van der Waals surface area contributed by atoms with E-state index in [0.717, 1.165) is 46.6 Å². The fourth-order valence-corrected chi connectivity index (χ4v) is 3.09. The Labute approximate surface area is 180 Å². The molecular weight excluding hydrogens is 418 g/mol. The zero-order valence-electron chi connectivity index (χ0n) is 17.6. The number of aromatic nitrogens is 3. The second-order valence-electron chi connectivity index (χ2n) is 6.73. The summed E-state index contributed by atoms with van der Waals surface area (Å²) in [5.74, 6) is 0.802. The van der Waals surface area contributed by atoms with Crippen LogP contribution in [0.15, 0.2) is 70.9 Å². The maximum absolute atomic E-state index is 9.22. The van der Waals surface area contributed by atoms with E-state index in [0.29, 0.717) is 0 Å². The molecule has 2 heterocycles. The van der Waals surface area contributed by atoms with Crippen LogP contribution in [0, 0.1) is 13.8 Å². The van der Waals surface area contributed by atoms with Crippen molar-refractivity contribution >= 4 is 32.8 Å². The number of hydrogen-bond donors (Lipinski definition) is 1. The van der Waals surface area contributed by atoms with Crippen molar-refractivity contribution in [2.24, 2.45) is 17.3 Å². The topological polar surface area (TPSA) is 116 Å². The lowest BCUT2D eigenvalue weighted by atomic mass is 10.2. The molecule has 1 N–H and O–H groups in total. The van der Waals surface area contributed by atoms with E-state index in [1.807, 2.05) is 50.4 Å². The van der Waals surface area contributed by atoms with Gasteiger partial charge >= 0.3 is 5.82 Å². The molecule has 0 fully saturated rings. The minimum Gasteiger partial charge on any atom is -0.726 e. The van der Waals surface area contributed by atoms with E-state index in [-0.39, 0.29) is 0 Å². The Kier molecular flexibility index (Phi) is 6.64. The monoisotopic (exact) mass is 441 g/mol. The molecule has 31 heavy (non-hydrogen) atoms. The Balaban J connectivity index is 0.000000401. The predicted octanol–water partition coefficient (Wildman–Crippen LogP) is 3.91. The zero-order valence-corrected chi connectivity index (χ0v) is 18.4. The van der Waals surface area contributed by atoms with Crippen LogP contribution in [0.1, 0.15) is 11.4 Å². The van der Waals surface area contributed by atoms with Gasteiger partial charge in [0.1, 0.15) is 5.69 Å². The van der Waals surface area contributed by atoms with Crippen LogP contribution in [0.2, 0.25) is 0 Å². The molecule has 0 atom stereocenters. The van der Waals surface area contributed by atoms with Crippen molar-refractivity contribution < 1.29 is 21.8 Å². The number of azo groups is 1. The van der Waals surface area contributed by atoms with Gasteiger partial charge in [0.15, 0.2) is 5.69 Å². The van der Waals surface area contributed by atoms with Crippen molar-refractivity contribution in [3.05, 3.63) is 72.1 Å². The van der Waals surface area contributed by atoms with Crippen LogP contribution in [-0.2, 0) is 21.6 Å². The number of aromatic amines is 1. The minimum atomic E-state index is -4.41. The number of H-pyrrole nitrogens is 1. The summed E-state index contributed by atoms with van der Waals surface area (Å²) in [7, 11) is -1.58. The van der Waals surface area contributed by atoms with Gasteiger partial charge in [0, 0.05) is 23.6 Å². The Bertz CT molecular complexity index is 1320. The van der Waals surface area contributed by atoms with Crippen molar-refractivity contribution in [2.45, 2.75) is 13.8 Å². The maximum Gasteiger partial charge on any atom is 0.376 e. The van der Waals surface area contributed by atoms with Gasteiger partial charge < -0.3 is 9.54 Å². The fourth-order valence-electron chi connectivity index (χ4n) is 3.09. The number of aryl methyl sites for hydroxylation is 2. The summed E-state index contributed by atoms with van der Waals surface area (Å²) >= 11 is 0. The molecule has 0 aliphatic rings. The molecule has 0 aliphatic heterocycles. The number of rotatable bonds is 4. The summed E-state index contributed by atoms with van der Waals surface area (Å²) in [5, 5.41) is 10.2. The van der Waals surface area contributed by atoms with Crippen LogP contribution in [0.5, 0.6) is 0 Å². The highest BCUT2D eigenvalue weighted by Gasteiger charge is 2.20. The summed E-state index contributed by atoms with van der Waals surface area (Å²) < 4.78 is 35.2. The average Bonchev–Trinajstić information content (AvgIpc) is 3.22. The highest BCUT2D eigenvalue weighted by atomic mass is 32.3. The van der Waals surface area contributed by atoms with Crippen LogP contribution in [0.4, 0.5) is 11.5 Å². The van der Waals surface area contributed by atoms with Gasteiger partial charge in [-0.25, -0.2) is 13.1 Å². The Morgan fingerprint density at radius 1 is 1.03 bits per heavy atom. The van der Waals surface area contributed by atoms with Crippen molar-refractivity contribution in [1.29, 1.82) is 0 Å². The summed E-state index contributed by atoms with van der Waals surface area (Å²) in [6, 6.07) is 20.4. The van der Waals surface area contributed by atoms with E-state index < -0.39 is 10.4 Å². The van der Waals surface area contributed by atoms with E-state index in [2.05, 4.69) is 59.9 Å². The highest BCUT2D eigenvalue weighted by Crippen LogP contribution is 2.31. The molecule has 0 unspecified atom stereocenters. The number of nitrogens with zero attached hydrogens (tertiary/aromatic N) is 4. The van der Waals surface area contributed by atoms with Gasteiger partial charge in [0.25, 0.3) is 0 Å². The third kappa shape index (κ3) is 5.23. The predicted molar refractivity (Wildman–Crippen MR) is 116 cm³/mol. The number of para-hydroxylation sites is 2. The van der Waals surface area contributed by atoms with Gasteiger partial charge in [-0.05, 0) is 37.2 Å². The largest absolute Gasteiger partial charge is 0.726 e. The van der Waals surface area contributed by atoms with E-state index in [1.165, 1.54) is 0 Å². The van der Waals surface area contributed by atoms with E-state index >= 15 is 0 Å². The molecule has 10 heteroatoms. The van der Waals surface area contributed by atoms with E-state index in [4.69, 9.17) is 0 Å². The molecule has 0 aliphatic carbocycles. The molecule has 2 aromatic carbocycles. The second-order valence-corrected chi connectivity index (χ2v) is 7.88. The van der Waals surface area contributed by atoms with Crippen LogP contribution in [0.3, 0.4) is 0 Å². The third-order valence-corrected chi connectivity index (χ3v) is 5.09. The number of hydrogen-bond acceptors (Lipinski definition) is 6. The van der Waals surface area contributed by atoms with Crippen LogP contribution < -0.4 is 4.68 Å². The molecule has 0 saturated heterocycles. The Morgan fingerprint density at radius 3 is 2.29 bits per heavy atom. The van der Waals surface area contributed by atoms with Gasteiger partial charge in [-0.15, -0.1) is 4.68 Å². The Hall–Kier alpha value is -3.34. The lowest BCUT2D eigenvalue weighted by Crippen LogP contribution is -2.39. The average molecular weight is 442 g/mol. The second kappa shape index (κ2) is 9.21. The van der Waals surface area contributed by atoms with Crippen molar-refractivity contribution in [3.63, 3.8) is 0 Å². The minimum absolute atomic E-state index is 0.802. The molecule has 0 saturated carbocycles.